The Kier molecular flexibility index (Phi) is 10.5. The predicted molar refractivity (Wildman–Crippen MR) is 150 cm³/mol. The average molecular weight is 552 g/mol. The first kappa shape index (κ1) is 29.5. The van der Waals surface area contributed by atoms with Crippen LogP contribution in [0.1, 0.15) is 65.4 Å². The minimum absolute atomic E-state index is 0.0879. The van der Waals surface area contributed by atoms with Crippen LogP contribution >= 0.6 is 12.2 Å². The minimum Gasteiger partial charge on any atom is -0.614 e. The number of carbonyl (C=O) groups excluding carboxylic acids is 2. The first-order chi connectivity index (χ1) is 17.5. The van der Waals surface area contributed by atoms with Gasteiger partial charge < -0.3 is 24.7 Å². The van der Waals surface area contributed by atoms with E-state index in [1.165, 1.54) is 24.2 Å². The number of benzene rings is 1. The molecule has 206 valence electrons. The zero-order chi connectivity index (χ0) is 27.2. The second-order valence-corrected chi connectivity index (χ2v) is 13.0. The molecule has 1 saturated heterocycles. The molecule has 0 radical (unpaired) electrons. The summed E-state index contributed by atoms with van der Waals surface area (Å²) < 4.78 is 23.5. The van der Waals surface area contributed by atoms with Crippen LogP contribution in [0.5, 0.6) is 5.75 Å². The van der Waals surface area contributed by atoms with Gasteiger partial charge in [-0.1, -0.05) is 63.4 Å². The summed E-state index contributed by atoms with van der Waals surface area (Å²) in [6.07, 6.45) is 5.12. The molecule has 2 fully saturated rings. The van der Waals surface area contributed by atoms with Gasteiger partial charge in [-0.15, -0.1) is 0 Å². The van der Waals surface area contributed by atoms with Crippen LogP contribution in [0.25, 0.3) is 0 Å². The third-order valence-corrected chi connectivity index (χ3v) is 8.99. The molecule has 1 aromatic rings. The van der Waals surface area contributed by atoms with Crippen molar-refractivity contribution in [2.24, 2.45) is 11.8 Å². The molecule has 2 aliphatic rings. The Morgan fingerprint density at radius 3 is 2.43 bits per heavy atom. The summed E-state index contributed by atoms with van der Waals surface area (Å²) in [7, 11) is 1.63. The largest absolute Gasteiger partial charge is 0.614 e. The van der Waals surface area contributed by atoms with E-state index in [1.807, 2.05) is 24.3 Å². The van der Waals surface area contributed by atoms with Crippen molar-refractivity contribution < 1.29 is 23.6 Å². The molecule has 10 heteroatoms. The lowest BCUT2D eigenvalue weighted by atomic mass is 9.77. The summed E-state index contributed by atoms with van der Waals surface area (Å²) in [4.78, 5) is 28.1. The van der Waals surface area contributed by atoms with Crippen molar-refractivity contribution in [3.8, 4) is 5.75 Å². The average Bonchev–Trinajstić information content (AvgIpc) is 3.26. The van der Waals surface area contributed by atoms with E-state index in [-0.39, 0.29) is 18.2 Å². The van der Waals surface area contributed by atoms with Crippen molar-refractivity contribution in [2.45, 2.75) is 83.4 Å². The summed E-state index contributed by atoms with van der Waals surface area (Å²) in [5.74, 6) is 1.07. The van der Waals surface area contributed by atoms with Crippen LogP contribution in [-0.4, -0.2) is 62.9 Å². The number of amides is 2. The van der Waals surface area contributed by atoms with Gasteiger partial charge in [0.2, 0.25) is 0 Å². The van der Waals surface area contributed by atoms with Crippen LogP contribution in [0, 0.1) is 11.8 Å². The fourth-order valence-electron chi connectivity index (χ4n) is 4.96. The van der Waals surface area contributed by atoms with Gasteiger partial charge in [-0.3, -0.25) is 4.79 Å². The fraction of sp³-hybridized carbons (Fsp3) is 0.667. The van der Waals surface area contributed by atoms with E-state index in [2.05, 4.69) is 17.6 Å². The molecular weight excluding hydrogens is 510 g/mol. The maximum absolute atomic E-state index is 13.5. The number of hydrogen-bond donors (Lipinski definition) is 2. The van der Waals surface area contributed by atoms with Crippen molar-refractivity contribution in [3.63, 3.8) is 0 Å². The molecule has 0 spiro atoms. The number of nitrogens with one attached hydrogen (secondary N) is 2. The second-order valence-electron chi connectivity index (χ2n) is 10.9. The number of methoxy groups -OCH3 is 1. The van der Waals surface area contributed by atoms with Gasteiger partial charge in [0.1, 0.15) is 17.1 Å². The van der Waals surface area contributed by atoms with Crippen LogP contribution in [0.2, 0.25) is 0 Å². The normalized spacial score (nSPS) is 22.2. The molecule has 0 bridgehead atoms. The summed E-state index contributed by atoms with van der Waals surface area (Å²) >= 11 is 4.30. The van der Waals surface area contributed by atoms with E-state index in [4.69, 9.17) is 21.7 Å². The van der Waals surface area contributed by atoms with Crippen molar-refractivity contribution in [2.75, 3.05) is 19.4 Å². The van der Waals surface area contributed by atoms with Gasteiger partial charge in [0, 0.05) is 6.54 Å². The van der Waals surface area contributed by atoms with Crippen LogP contribution in [0.15, 0.2) is 24.3 Å². The number of nitrogens with zero attached hydrogens (tertiary/aromatic N) is 1. The van der Waals surface area contributed by atoms with E-state index >= 15 is 0 Å². The van der Waals surface area contributed by atoms with Gasteiger partial charge in [0.15, 0.2) is 0 Å². The lowest BCUT2D eigenvalue weighted by Crippen LogP contribution is -2.57. The topological polar surface area (TPSA) is 103 Å². The van der Waals surface area contributed by atoms with Gasteiger partial charge in [0.25, 0.3) is 11.3 Å². The molecule has 2 amide bonds. The molecule has 1 heterocycles. The van der Waals surface area contributed by atoms with Gasteiger partial charge in [-0.05, 0) is 61.5 Å². The zero-order valence-electron chi connectivity index (χ0n) is 22.6. The Balaban J connectivity index is 1.74. The number of hydrogen-bond acceptors (Lipinski definition) is 6. The molecule has 2 N–H and O–H groups in total. The zero-order valence-corrected chi connectivity index (χ0v) is 24.2. The highest BCUT2D eigenvalue weighted by atomic mass is 32.2. The van der Waals surface area contributed by atoms with E-state index < -0.39 is 40.2 Å². The van der Waals surface area contributed by atoms with Crippen molar-refractivity contribution >= 4 is 40.4 Å². The van der Waals surface area contributed by atoms with Crippen molar-refractivity contribution in [1.82, 2.24) is 15.5 Å². The van der Waals surface area contributed by atoms with Crippen LogP contribution in [0.3, 0.4) is 0 Å². The molecular formula is C27H41N3O5S2. The van der Waals surface area contributed by atoms with Crippen LogP contribution in [0.4, 0.5) is 4.79 Å². The van der Waals surface area contributed by atoms with Crippen LogP contribution < -0.4 is 15.4 Å². The lowest BCUT2D eigenvalue weighted by molar-refractivity contribution is -0.124. The highest BCUT2D eigenvalue weighted by molar-refractivity contribution is 7.93. The molecule has 1 aliphatic carbocycles. The molecule has 1 aromatic carbocycles. The maximum atomic E-state index is 13.5. The molecule has 1 aliphatic heterocycles. The number of thiocarbonyl (C=S) groups is 1. The predicted octanol–water partition coefficient (Wildman–Crippen LogP) is 4.14. The molecule has 8 nitrogen and oxygen atoms in total. The molecule has 0 aromatic heterocycles. The van der Waals surface area contributed by atoms with Crippen molar-refractivity contribution in [3.05, 3.63) is 29.8 Å². The van der Waals surface area contributed by atoms with E-state index in [1.54, 1.807) is 27.9 Å². The Labute approximate surface area is 229 Å². The Bertz CT molecular complexity index is 931. The van der Waals surface area contributed by atoms with Gasteiger partial charge in [-0.25, -0.2) is 9.69 Å². The van der Waals surface area contributed by atoms with E-state index in [9.17, 15) is 14.1 Å². The number of ether oxygens (including phenoxy) is 2. The second kappa shape index (κ2) is 13.2. The quantitative estimate of drug-likeness (QED) is 0.370. The third-order valence-electron chi connectivity index (χ3n) is 7.04. The maximum Gasteiger partial charge on any atom is 0.414 e. The van der Waals surface area contributed by atoms with Gasteiger partial charge in [-0.2, -0.15) is 0 Å². The Morgan fingerprint density at radius 1 is 1.19 bits per heavy atom. The van der Waals surface area contributed by atoms with E-state index in [0.29, 0.717) is 17.5 Å². The van der Waals surface area contributed by atoms with E-state index in [0.717, 1.165) is 24.2 Å². The SMILES string of the molecule is COc1ccc(CNC(=S)[C@H](NC(=O)[C@@H]2N(C(=O)OC(C)(C)C)CC[S@+]2[O-])C(C)C2CCCCC2)cc1. The molecule has 4 atom stereocenters. The molecule has 3 rings (SSSR count). The minimum atomic E-state index is -1.52. The monoisotopic (exact) mass is 551 g/mol. The molecule has 1 unspecified atom stereocenters. The molecule has 37 heavy (non-hydrogen) atoms. The summed E-state index contributed by atoms with van der Waals surface area (Å²) in [5, 5.41) is 5.31. The summed E-state index contributed by atoms with van der Waals surface area (Å²) in [6.45, 7) is 8.14. The van der Waals surface area contributed by atoms with Gasteiger partial charge in [0.05, 0.1) is 24.7 Å². The highest BCUT2D eigenvalue weighted by Gasteiger charge is 2.48. The van der Waals surface area contributed by atoms with Gasteiger partial charge >= 0.3 is 6.09 Å². The fourth-order valence-corrected chi connectivity index (χ4v) is 6.69. The lowest BCUT2D eigenvalue weighted by Gasteiger charge is -2.35. The summed E-state index contributed by atoms with van der Waals surface area (Å²) in [5.41, 5.74) is 0.319. The smallest absolute Gasteiger partial charge is 0.414 e. The van der Waals surface area contributed by atoms with Crippen LogP contribution in [-0.2, 0) is 27.3 Å². The first-order valence-electron chi connectivity index (χ1n) is 13.1. The highest BCUT2D eigenvalue weighted by Crippen LogP contribution is 2.32. The number of carbonyl (C=O) groups is 2. The Morgan fingerprint density at radius 2 is 1.84 bits per heavy atom. The van der Waals surface area contributed by atoms with Crippen molar-refractivity contribution in [1.29, 1.82) is 0 Å². The summed E-state index contributed by atoms with van der Waals surface area (Å²) in [6, 6.07) is 7.27. The Hall–Kier alpha value is -2.04. The number of rotatable bonds is 8. The third kappa shape index (κ3) is 8.22. The first-order valence-corrected chi connectivity index (χ1v) is 14.9. The standard InChI is InChI=1S/C27H41N3O5S2/c1-18(20-9-7-6-8-10-20)22(24(36)28-17-19-11-13-21(34-5)14-12-19)29-23(31)25-30(15-16-37(25)33)26(32)35-27(2,3)4/h11-14,18,20,22,25H,6-10,15-17H2,1-5H3,(H,28,36)(H,29,31)/t18?,22-,25-,37+/m1/s1. The molecule has 1 saturated carbocycles.